The monoisotopic (exact) mass is 444 g/mol. The minimum atomic E-state index is -4.60. The molecule has 0 radical (unpaired) electrons. The number of carbonyl (C=O) groups is 1. The summed E-state index contributed by atoms with van der Waals surface area (Å²) in [5.74, 6) is 0.0269. The number of carbonyl (C=O) groups excluding carboxylic acids is 1. The van der Waals surface area contributed by atoms with E-state index in [4.69, 9.17) is 4.74 Å². The quantitative estimate of drug-likeness (QED) is 0.521. The summed E-state index contributed by atoms with van der Waals surface area (Å²) in [4.78, 5) is 26.0. The van der Waals surface area contributed by atoms with Crippen LogP contribution in [0.25, 0.3) is 16.7 Å². The summed E-state index contributed by atoms with van der Waals surface area (Å²) in [6, 6.07) is 8.25. The Balaban J connectivity index is 1.43. The molecule has 0 unspecified atom stereocenters. The van der Waals surface area contributed by atoms with Gasteiger partial charge in [0, 0.05) is 36.0 Å². The van der Waals surface area contributed by atoms with Gasteiger partial charge in [0.05, 0.1) is 12.8 Å². The van der Waals surface area contributed by atoms with Crippen LogP contribution >= 0.6 is 0 Å². The number of nitrogens with zero attached hydrogens (tertiary/aromatic N) is 5. The summed E-state index contributed by atoms with van der Waals surface area (Å²) >= 11 is 0. The molecule has 166 valence electrons. The molecule has 32 heavy (non-hydrogen) atoms. The van der Waals surface area contributed by atoms with Crippen molar-refractivity contribution in [3.05, 3.63) is 53.7 Å². The number of hydrogen-bond donors (Lipinski definition) is 1. The number of aromatic amines is 1. The minimum absolute atomic E-state index is 0.108. The first-order valence-electron chi connectivity index (χ1n) is 10.1. The zero-order valence-corrected chi connectivity index (χ0v) is 17.1. The molecule has 1 aliphatic rings. The number of amides is 1. The summed E-state index contributed by atoms with van der Waals surface area (Å²) in [7, 11) is 1.57. The van der Waals surface area contributed by atoms with E-state index in [1.165, 1.54) is 0 Å². The van der Waals surface area contributed by atoms with Crippen LogP contribution in [0, 0.1) is 0 Å². The van der Waals surface area contributed by atoms with Gasteiger partial charge in [-0.3, -0.25) is 4.79 Å². The zero-order chi connectivity index (χ0) is 22.5. The van der Waals surface area contributed by atoms with Gasteiger partial charge in [-0.1, -0.05) is 0 Å². The normalized spacial score (nSPS) is 17.2. The Morgan fingerprint density at radius 2 is 2.09 bits per heavy atom. The van der Waals surface area contributed by atoms with Gasteiger partial charge >= 0.3 is 6.18 Å². The molecule has 1 aromatic carbocycles. The molecule has 1 amide bonds. The first kappa shape index (κ1) is 20.3. The number of rotatable bonds is 3. The molecule has 4 heterocycles. The molecule has 4 aromatic rings. The van der Waals surface area contributed by atoms with Crippen LogP contribution < -0.4 is 4.74 Å². The lowest BCUT2D eigenvalue weighted by molar-refractivity contribution is -0.142. The van der Waals surface area contributed by atoms with Crippen molar-refractivity contribution in [3.8, 4) is 5.75 Å². The van der Waals surface area contributed by atoms with E-state index in [2.05, 4.69) is 20.1 Å². The predicted octanol–water partition coefficient (Wildman–Crippen LogP) is 3.65. The number of aromatic nitrogens is 5. The molecule has 1 saturated heterocycles. The number of hydrogen-bond acceptors (Lipinski definition) is 5. The van der Waals surface area contributed by atoms with Crippen LogP contribution in [0.2, 0.25) is 0 Å². The highest BCUT2D eigenvalue weighted by atomic mass is 19.4. The van der Waals surface area contributed by atoms with Crippen molar-refractivity contribution in [3.63, 3.8) is 0 Å². The molecule has 0 aliphatic carbocycles. The smallest absolute Gasteiger partial charge is 0.433 e. The second-order valence-electron chi connectivity index (χ2n) is 7.76. The average molecular weight is 444 g/mol. The lowest BCUT2D eigenvalue weighted by atomic mass is 9.94. The fourth-order valence-corrected chi connectivity index (χ4v) is 4.16. The maximum atomic E-state index is 13.5. The molecule has 1 atom stereocenters. The number of benzene rings is 1. The van der Waals surface area contributed by atoms with Crippen LogP contribution in [-0.4, -0.2) is 55.6 Å². The fourth-order valence-electron chi connectivity index (χ4n) is 4.16. The van der Waals surface area contributed by atoms with Crippen LogP contribution in [0.1, 0.15) is 40.6 Å². The van der Waals surface area contributed by atoms with Crippen molar-refractivity contribution in [1.82, 2.24) is 29.5 Å². The van der Waals surface area contributed by atoms with Gasteiger partial charge in [0.1, 0.15) is 17.8 Å². The van der Waals surface area contributed by atoms with E-state index in [0.717, 1.165) is 23.3 Å². The number of H-pyrrole nitrogens is 1. The molecule has 1 fully saturated rings. The summed E-state index contributed by atoms with van der Waals surface area (Å²) in [6.45, 7) is 0.791. The highest BCUT2D eigenvalue weighted by Crippen LogP contribution is 2.33. The molecule has 0 spiro atoms. The first-order valence-corrected chi connectivity index (χ1v) is 10.1. The molecule has 5 rings (SSSR count). The fraction of sp³-hybridized carbons (Fsp3) is 0.333. The zero-order valence-electron chi connectivity index (χ0n) is 17.1. The number of nitrogens with one attached hydrogen (secondary N) is 1. The van der Waals surface area contributed by atoms with Crippen molar-refractivity contribution < 1.29 is 22.7 Å². The van der Waals surface area contributed by atoms with Gasteiger partial charge in [-0.15, -0.1) is 0 Å². The van der Waals surface area contributed by atoms with Crippen molar-refractivity contribution >= 4 is 22.6 Å². The highest BCUT2D eigenvalue weighted by molar-refractivity contribution is 5.98. The Labute approximate surface area is 180 Å². The molecule has 8 nitrogen and oxygen atoms in total. The van der Waals surface area contributed by atoms with Crippen LogP contribution in [0.3, 0.4) is 0 Å². The molecule has 11 heteroatoms. The summed E-state index contributed by atoms with van der Waals surface area (Å²) in [5, 5.41) is 4.50. The Morgan fingerprint density at radius 1 is 1.25 bits per heavy atom. The van der Waals surface area contributed by atoms with E-state index in [9.17, 15) is 18.0 Å². The Morgan fingerprint density at radius 3 is 2.88 bits per heavy atom. The van der Waals surface area contributed by atoms with Crippen LogP contribution in [0.5, 0.6) is 5.75 Å². The third-order valence-electron chi connectivity index (χ3n) is 5.75. The molecule has 3 aromatic heterocycles. The Hall–Kier alpha value is -3.63. The lowest BCUT2D eigenvalue weighted by Crippen LogP contribution is -2.39. The number of methoxy groups -OCH3 is 1. The summed E-state index contributed by atoms with van der Waals surface area (Å²) in [5.41, 5.74) is 0.528. The van der Waals surface area contributed by atoms with Gasteiger partial charge < -0.3 is 14.6 Å². The number of likely N-dealkylation sites (tertiary alicyclic amines) is 1. The summed E-state index contributed by atoms with van der Waals surface area (Å²) < 4.78 is 46.5. The topological polar surface area (TPSA) is 88.4 Å². The molecule has 1 N–H and O–H groups in total. The van der Waals surface area contributed by atoms with Gasteiger partial charge in [0.25, 0.3) is 11.7 Å². The summed E-state index contributed by atoms with van der Waals surface area (Å²) in [6.07, 6.45) is -2.27. The van der Waals surface area contributed by atoms with Gasteiger partial charge in [-0.2, -0.15) is 27.8 Å². The third-order valence-corrected chi connectivity index (χ3v) is 5.75. The van der Waals surface area contributed by atoms with E-state index >= 15 is 0 Å². The maximum absolute atomic E-state index is 13.5. The molecule has 0 bridgehead atoms. The molecule has 1 aliphatic heterocycles. The second-order valence-corrected chi connectivity index (χ2v) is 7.76. The standard InChI is InChI=1S/C21H19F3N6O2/c1-32-14-5-4-12-7-17(27-15(12)8-14)19(31)29-6-2-3-13(10-29)16-9-18(21(22,23)24)30-20(28-16)25-11-26-30/h4-5,7-9,11,13,27H,2-3,6,10H2,1H3/t13-/m0/s1. The van der Waals surface area contributed by atoms with E-state index < -0.39 is 11.9 Å². The number of fused-ring (bicyclic) bond motifs is 2. The van der Waals surface area contributed by atoms with Crippen LogP contribution in [0.15, 0.2) is 36.7 Å². The van der Waals surface area contributed by atoms with Crippen molar-refractivity contribution in [2.24, 2.45) is 0 Å². The second kappa shape index (κ2) is 7.50. The average Bonchev–Trinajstić information content (AvgIpc) is 3.43. The van der Waals surface area contributed by atoms with Gasteiger partial charge in [-0.05, 0) is 37.1 Å². The SMILES string of the molecule is COc1ccc2cc(C(=O)N3CCC[C@H](c4cc(C(F)(F)F)n5ncnc5n4)C3)[nH]c2c1. The van der Waals surface area contributed by atoms with Gasteiger partial charge in [-0.25, -0.2) is 4.98 Å². The lowest BCUT2D eigenvalue weighted by Gasteiger charge is -2.32. The van der Waals surface area contributed by atoms with Crippen molar-refractivity contribution in [2.75, 3.05) is 20.2 Å². The first-order chi connectivity index (χ1) is 15.3. The number of alkyl halides is 3. The molecule has 0 saturated carbocycles. The van der Waals surface area contributed by atoms with E-state index in [-0.39, 0.29) is 29.8 Å². The molecular weight excluding hydrogens is 425 g/mol. The predicted molar refractivity (Wildman–Crippen MR) is 109 cm³/mol. The third kappa shape index (κ3) is 3.53. The maximum Gasteiger partial charge on any atom is 0.433 e. The number of piperidine rings is 1. The highest BCUT2D eigenvalue weighted by Gasteiger charge is 2.36. The van der Waals surface area contributed by atoms with Crippen LogP contribution in [0.4, 0.5) is 13.2 Å². The van der Waals surface area contributed by atoms with E-state index in [1.807, 2.05) is 18.2 Å². The minimum Gasteiger partial charge on any atom is -0.497 e. The van der Waals surface area contributed by atoms with Crippen LogP contribution in [-0.2, 0) is 6.18 Å². The van der Waals surface area contributed by atoms with Gasteiger partial charge in [0.2, 0.25) is 0 Å². The molecular formula is C21H19F3N6O2. The van der Waals surface area contributed by atoms with Gasteiger partial charge in [0.15, 0.2) is 5.69 Å². The van der Waals surface area contributed by atoms with E-state index in [1.54, 1.807) is 18.1 Å². The van der Waals surface area contributed by atoms with E-state index in [0.29, 0.717) is 35.3 Å². The largest absolute Gasteiger partial charge is 0.497 e. The Kier molecular flexibility index (Phi) is 4.75. The van der Waals surface area contributed by atoms with Crippen molar-refractivity contribution in [1.29, 1.82) is 0 Å². The van der Waals surface area contributed by atoms with Crippen molar-refractivity contribution in [2.45, 2.75) is 24.9 Å². The number of ether oxygens (including phenoxy) is 1. The number of halogens is 3. The Bertz CT molecular complexity index is 1310.